The highest BCUT2D eigenvalue weighted by Crippen LogP contribution is 2.34. The molecule has 9 nitrogen and oxygen atoms in total. The van der Waals surface area contributed by atoms with Crippen LogP contribution in [0.15, 0.2) is 66.1 Å². The van der Waals surface area contributed by atoms with E-state index >= 15 is 0 Å². The summed E-state index contributed by atoms with van der Waals surface area (Å²) in [4.78, 5) is 18.9. The number of rotatable bonds is 11. The summed E-state index contributed by atoms with van der Waals surface area (Å²) in [7, 11) is 0. The molecule has 9 heteroatoms. The molecule has 0 amide bonds. The first-order valence-corrected chi connectivity index (χ1v) is 14.9. The van der Waals surface area contributed by atoms with Crippen LogP contribution in [0.2, 0.25) is 0 Å². The van der Waals surface area contributed by atoms with E-state index < -0.39 is 5.97 Å². The van der Waals surface area contributed by atoms with E-state index in [1.807, 2.05) is 37.3 Å². The number of ether oxygens (including phenoxy) is 3. The van der Waals surface area contributed by atoms with Gasteiger partial charge in [-0.05, 0) is 80.5 Å². The largest absolute Gasteiger partial charge is 0.488 e. The van der Waals surface area contributed by atoms with Crippen molar-refractivity contribution in [2.75, 3.05) is 25.1 Å². The third-order valence-electron chi connectivity index (χ3n) is 8.06. The van der Waals surface area contributed by atoms with E-state index in [1.165, 1.54) is 11.1 Å². The molecule has 3 aromatic rings. The monoisotopic (exact) mass is 584 g/mol. The Balaban J connectivity index is 1.32. The topological polar surface area (TPSA) is 117 Å². The lowest BCUT2D eigenvalue weighted by molar-refractivity contribution is -0.132. The summed E-state index contributed by atoms with van der Waals surface area (Å²) in [5.41, 5.74) is 6.12. The number of carboxylic acids is 1. The number of hydrogen-bond donors (Lipinski definition) is 3. The van der Waals surface area contributed by atoms with Gasteiger partial charge >= 0.3 is 5.97 Å². The molecule has 2 aliphatic rings. The molecule has 2 aromatic carbocycles. The van der Waals surface area contributed by atoms with Crippen molar-refractivity contribution >= 4 is 18.0 Å². The van der Waals surface area contributed by atoms with Gasteiger partial charge in [-0.15, -0.1) is 0 Å². The van der Waals surface area contributed by atoms with Crippen molar-refractivity contribution in [3.63, 3.8) is 0 Å². The van der Waals surface area contributed by atoms with Crippen LogP contribution in [0.1, 0.15) is 48.9 Å². The zero-order valence-corrected chi connectivity index (χ0v) is 25.1. The molecule has 0 spiro atoms. The highest BCUT2D eigenvalue weighted by atomic mass is 16.5. The van der Waals surface area contributed by atoms with Crippen molar-refractivity contribution in [1.82, 2.24) is 9.88 Å². The number of nitrogens with one attached hydrogen (secondary N) is 2. The molecule has 43 heavy (non-hydrogen) atoms. The van der Waals surface area contributed by atoms with Gasteiger partial charge in [0.25, 0.3) is 0 Å². The summed E-state index contributed by atoms with van der Waals surface area (Å²) >= 11 is 0. The summed E-state index contributed by atoms with van der Waals surface area (Å²) in [6.45, 7) is 9.51. The number of anilines is 1. The SMILES string of the molecule is CCO/C(Nc1cccc(-c2cccc(C)c2OCc2ccc3c(c2)CCN(C2CCOC(C)C2)C3)n1)=C(/C=N)C(=O)O. The van der Waals surface area contributed by atoms with E-state index in [-0.39, 0.29) is 18.1 Å². The maximum absolute atomic E-state index is 11.6. The van der Waals surface area contributed by atoms with Crippen LogP contribution in [0.4, 0.5) is 5.82 Å². The first-order chi connectivity index (χ1) is 20.9. The van der Waals surface area contributed by atoms with E-state index in [1.54, 1.807) is 13.0 Å². The van der Waals surface area contributed by atoms with Crippen LogP contribution in [0.5, 0.6) is 5.75 Å². The van der Waals surface area contributed by atoms with E-state index in [4.69, 9.17) is 24.6 Å². The van der Waals surface area contributed by atoms with Gasteiger partial charge in [0.2, 0.25) is 5.88 Å². The van der Waals surface area contributed by atoms with E-state index in [0.717, 1.165) is 67.6 Å². The summed E-state index contributed by atoms with van der Waals surface area (Å²) in [5.74, 6) is -0.151. The van der Waals surface area contributed by atoms with Crippen molar-refractivity contribution in [2.45, 2.75) is 65.3 Å². The fourth-order valence-corrected chi connectivity index (χ4v) is 5.86. The number of carbonyl (C=O) groups is 1. The molecule has 1 saturated heterocycles. The Morgan fingerprint density at radius 3 is 2.81 bits per heavy atom. The normalized spacial score (nSPS) is 19.1. The van der Waals surface area contributed by atoms with Gasteiger partial charge in [0.1, 0.15) is 23.7 Å². The Morgan fingerprint density at radius 1 is 1.21 bits per heavy atom. The number of carboxylic acid groups (broad SMARTS) is 1. The molecule has 1 aromatic heterocycles. The number of hydrogen-bond acceptors (Lipinski definition) is 8. The highest BCUT2D eigenvalue weighted by molar-refractivity contribution is 6.08. The van der Waals surface area contributed by atoms with Crippen LogP contribution < -0.4 is 10.1 Å². The van der Waals surface area contributed by atoms with Crippen LogP contribution >= 0.6 is 0 Å². The van der Waals surface area contributed by atoms with Gasteiger partial charge in [-0.3, -0.25) is 4.90 Å². The minimum atomic E-state index is -1.26. The number of pyridine rings is 1. The van der Waals surface area contributed by atoms with Crippen LogP contribution in [0.3, 0.4) is 0 Å². The van der Waals surface area contributed by atoms with Gasteiger partial charge in [-0.1, -0.05) is 36.4 Å². The van der Waals surface area contributed by atoms with Crippen molar-refractivity contribution in [3.05, 3.63) is 88.3 Å². The minimum Gasteiger partial charge on any atom is -0.488 e. The molecule has 0 saturated carbocycles. The summed E-state index contributed by atoms with van der Waals surface area (Å²) in [5, 5.41) is 19.9. The summed E-state index contributed by atoms with van der Waals surface area (Å²) in [6, 6.07) is 18.7. The molecule has 1 fully saturated rings. The Labute approximate surface area is 253 Å². The quantitative estimate of drug-likeness (QED) is 0.144. The second-order valence-corrected chi connectivity index (χ2v) is 11.1. The van der Waals surface area contributed by atoms with Crippen LogP contribution in [0, 0.1) is 12.3 Å². The number of para-hydroxylation sites is 1. The van der Waals surface area contributed by atoms with Crippen molar-refractivity contribution in [1.29, 1.82) is 5.41 Å². The zero-order chi connectivity index (χ0) is 30.3. The van der Waals surface area contributed by atoms with Crippen molar-refractivity contribution < 1.29 is 24.1 Å². The number of aryl methyl sites for hydroxylation is 1. The molecule has 226 valence electrons. The molecule has 2 unspecified atom stereocenters. The van der Waals surface area contributed by atoms with E-state index in [9.17, 15) is 9.90 Å². The predicted molar refractivity (Wildman–Crippen MR) is 166 cm³/mol. The Kier molecular flexibility index (Phi) is 9.74. The van der Waals surface area contributed by atoms with Gasteiger partial charge in [-0.2, -0.15) is 0 Å². The fourth-order valence-electron chi connectivity index (χ4n) is 5.86. The molecule has 0 aliphatic carbocycles. The van der Waals surface area contributed by atoms with E-state index in [2.05, 4.69) is 35.3 Å². The second kappa shape index (κ2) is 13.8. The van der Waals surface area contributed by atoms with Gasteiger partial charge in [0, 0.05) is 37.5 Å². The summed E-state index contributed by atoms with van der Waals surface area (Å²) < 4.78 is 17.7. The van der Waals surface area contributed by atoms with Crippen molar-refractivity contribution in [2.24, 2.45) is 0 Å². The lowest BCUT2D eigenvalue weighted by Crippen LogP contribution is -2.44. The number of fused-ring (bicyclic) bond motifs is 1. The molecular formula is C34H40N4O5. The van der Waals surface area contributed by atoms with Gasteiger partial charge in [-0.25, -0.2) is 9.78 Å². The summed E-state index contributed by atoms with van der Waals surface area (Å²) in [6.07, 6.45) is 4.33. The lowest BCUT2D eigenvalue weighted by Gasteiger charge is -2.39. The fraction of sp³-hybridized carbons (Fsp3) is 0.382. The maximum atomic E-state index is 11.6. The van der Waals surface area contributed by atoms with Crippen LogP contribution in [0.25, 0.3) is 11.3 Å². The molecule has 2 aliphatic heterocycles. The van der Waals surface area contributed by atoms with E-state index in [0.29, 0.717) is 30.3 Å². The van der Waals surface area contributed by atoms with Gasteiger partial charge in [0.15, 0.2) is 0 Å². The third-order valence-corrected chi connectivity index (χ3v) is 8.06. The number of nitrogens with zero attached hydrogens (tertiary/aromatic N) is 2. The second-order valence-electron chi connectivity index (χ2n) is 11.1. The van der Waals surface area contributed by atoms with Gasteiger partial charge < -0.3 is 30.0 Å². The molecule has 5 rings (SSSR count). The molecule has 0 bridgehead atoms. The van der Waals surface area contributed by atoms with Gasteiger partial charge in [0.05, 0.1) is 18.4 Å². The first-order valence-electron chi connectivity index (χ1n) is 14.9. The predicted octanol–water partition coefficient (Wildman–Crippen LogP) is 5.96. The van der Waals surface area contributed by atoms with Crippen LogP contribution in [-0.2, 0) is 33.8 Å². The average molecular weight is 585 g/mol. The number of benzene rings is 2. The molecule has 3 heterocycles. The smallest absolute Gasteiger partial charge is 0.342 e. The Bertz CT molecular complexity index is 1500. The van der Waals surface area contributed by atoms with Crippen LogP contribution in [-0.4, -0.2) is 59.1 Å². The standard InChI is InChI=1S/C34H40N4O5/c1-4-41-33(29(19-35)34(39)40)37-31-10-6-9-30(36-31)28-8-5-7-22(2)32(28)43-21-24-11-12-26-20-38(15-13-25(26)18-24)27-14-16-42-23(3)17-27/h5-12,18-19,23,27,35H,4,13-17,20-21H2,1-3H3,(H,36,37)(H,39,40)/b33-29-,35-19?. The molecular weight excluding hydrogens is 544 g/mol. The zero-order valence-electron chi connectivity index (χ0n) is 25.1. The van der Waals surface area contributed by atoms with Crippen molar-refractivity contribution in [3.8, 4) is 17.0 Å². The Hall–Kier alpha value is -4.21. The maximum Gasteiger partial charge on any atom is 0.342 e. The lowest BCUT2D eigenvalue weighted by atomic mass is 9.94. The first kappa shape index (κ1) is 30.3. The minimum absolute atomic E-state index is 0.0341. The molecule has 0 radical (unpaired) electrons. The average Bonchev–Trinajstić information content (AvgIpc) is 3.00. The number of aromatic nitrogens is 1. The Morgan fingerprint density at radius 2 is 2.05 bits per heavy atom. The molecule has 3 N–H and O–H groups in total. The highest BCUT2D eigenvalue weighted by Gasteiger charge is 2.28. The molecule has 2 atom stereocenters. The number of aliphatic carboxylic acids is 1. The third kappa shape index (κ3) is 7.24.